The van der Waals surface area contributed by atoms with Gasteiger partial charge in [0.1, 0.15) is 22.7 Å². The molecule has 166 valence electrons. The molecule has 7 heteroatoms. The summed E-state index contributed by atoms with van der Waals surface area (Å²) in [5.41, 5.74) is 10.6. The predicted octanol–water partition coefficient (Wildman–Crippen LogP) is 4.56. The maximum Gasteiger partial charge on any atom is 0.257 e. The molecule has 1 amide bonds. The zero-order valence-electron chi connectivity index (χ0n) is 18.4. The van der Waals surface area contributed by atoms with Crippen LogP contribution < -0.4 is 11.1 Å². The van der Waals surface area contributed by atoms with Crippen molar-refractivity contribution in [3.05, 3.63) is 89.9 Å². The van der Waals surface area contributed by atoms with E-state index < -0.39 is 0 Å². The summed E-state index contributed by atoms with van der Waals surface area (Å²) in [6.45, 7) is 2.36. The zero-order chi connectivity index (χ0) is 22.8. The molecule has 5 rings (SSSR count). The van der Waals surface area contributed by atoms with Crippen molar-refractivity contribution in [2.75, 3.05) is 5.73 Å². The van der Waals surface area contributed by atoms with Crippen molar-refractivity contribution < 1.29 is 9.21 Å². The quantitative estimate of drug-likeness (QED) is 0.387. The number of hydrogen-bond donors (Lipinski definition) is 2. The number of nitrogens with two attached hydrogens (primary N) is 1. The number of benzene rings is 2. The van der Waals surface area contributed by atoms with E-state index in [-0.39, 0.29) is 11.9 Å². The van der Waals surface area contributed by atoms with Crippen molar-refractivity contribution in [3.63, 3.8) is 0 Å². The number of hydrogen-bond acceptors (Lipinski definition) is 5. The number of nitrogens with one attached hydrogen (secondary N) is 1. The molecule has 0 aliphatic carbocycles. The van der Waals surface area contributed by atoms with Gasteiger partial charge in [0.25, 0.3) is 5.91 Å². The van der Waals surface area contributed by atoms with Gasteiger partial charge in [-0.05, 0) is 49.6 Å². The topological polar surface area (TPSA) is 99.0 Å². The molecule has 0 saturated carbocycles. The highest BCUT2D eigenvalue weighted by atomic mass is 16.3. The minimum absolute atomic E-state index is 0.0333. The molecule has 5 aromatic rings. The van der Waals surface area contributed by atoms with Crippen LogP contribution in [0.5, 0.6) is 0 Å². The molecule has 3 heterocycles. The van der Waals surface area contributed by atoms with Gasteiger partial charge >= 0.3 is 0 Å². The van der Waals surface area contributed by atoms with Gasteiger partial charge in [-0.25, -0.2) is 9.97 Å². The molecule has 0 bridgehead atoms. The number of furan rings is 1. The van der Waals surface area contributed by atoms with E-state index in [0.717, 1.165) is 24.1 Å². The Morgan fingerprint density at radius 3 is 2.48 bits per heavy atom. The molecule has 0 aliphatic rings. The van der Waals surface area contributed by atoms with Gasteiger partial charge in [-0.1, -0.05) is 42.5 Å². The molecule has 0 saturated heterocycles. The number of rotatable bonds is 7. The van der Waals surface area contributed by atoms with E-state index in [0.29, 0.717) is 34.6 Å². The first-order valence-electron chi connectivity index (χ1n) is 11.0. The summed E-state index contributed by atoms with van der Waals surface area (Å²) in [4.78, 5) is 22.9. The van der Waals surface area contributed by atoms with Crippen LogP contribution >= 0.6 is 0 Å². The molecule has 3 aromatic heterocycles. The Morgan fingerprint density at radius 2 is 1.76 bits per heavy atom. The molecule has 0 radical (unpaired) electrons. The number of anilines is 1. The second-order valence-corrected chi connectivity index (χ2v) is 8.21. The van der Waals surface area contributed by atoms with E-state index in [9.17, 15) is 4.79 Å². The number of fused-ring (bicyclic) bond motifs is 2. The minimum atomic E-state index is -0.249. The van der Waals surface area contributed by atoms with E-state index >= 15 is 0 Å². The third-order valence-corrected chi connectivity index (χ3v) is 5.80. The molecule has 1 atom stereocenters. The monoisotopic (exact) mass is 439 g/mol. The number of nitrogen functional groups attached to an aromatic ring is 1. The van der Waals surface area contributed by atoms with Crippen molar-refractivity contribution in [2.45, 2.75) is 32.4 Å². The van der Waals surface area contributed by atoms with Crippen LogP contribution in [0.25, 0.3) is 22.2 Å². The number of aryl methyl sites for hydroxylation is 1. The van der Waals surface area contributed by atoms with Gasteiger partial charge in [0.05, 0.1) is 23.8 Å². The fourth-order valence-corrected chi connectivity index (χ4v) is 4.06. The highest BCUT2D eigenvalue weighted by Crippen LogP contribution is 2.29. The van der Waals surface area contributed by atoms with Crippen LogP contribution in [0.4, 0.5) is 5.82 Å². The molecule has 0 aliphatic heterocycles. The first kappa shape index (κ1) is 20.8. The van der Waals surface area contributed by atoms with Gasteiger partial charge in [-0.3, -0.25) is 4.79 Å². The SMILES string of the molecule is C[C@H](CCc1ccccc1)NC(=O)c1c(N)n(Cc2ccco2)c2nc3ccccc3nc12. The van der Waals surface area contributed by atoms with Crippen LogP contribution in [-0.4, -0.2) is 26.5 Å². The van der Waals surface area contributed by atoms with Gasteiger partial charge in [0, 0.05) is 6.04 Å². The summed E-state index contributed by atoms with van der Waals surface area (Å²) in [7, 11) is 0. The van der Waals surface area contributed by atoms with Crippen LogP contribution in [-0.2, 0) is 13.0 Å². The van der Waals surface area contributed by atoms with Crippen LogP contribution in [0.1, 0.15) is 35.0 Å². The van der Waals surface area contributed by atoms with Gasteiger partial charge in [-0.15, -0.1) is 0 Å². The Hall–Kier alpha value is -4.13. The fraction of sp³-hybridized carbons (Fsp3) is 0.192. The van der Waals surface area contributed by atoms with E-state index in [1.807, 2.05) is 61.5 Å². The number of para-hydroxylation sites is 2. The highest BCUT2D eigenvalue weighted by molar-refractivity contribution is 6.10. The van der Waals surface area contributed by atoms with E-state index in [1.54, 1.807) is 10.8 Å². The molecule has 2 aromatic carbocycles. The number of carbonyl (C=O) groups excluding carboxylic acids is 1. The van der Waals surface area contributed by atoms with Gasteiger partial charge in [-0.2, -0.15) is 0 Å². The lowest BCUT2D eigenvalue weighted by atomic mass is 10.1. The fourth-order valence-electron chi connectivity index (χ4n) is 4.06. The van der Waals surface area contributed by atoms with E-state index in [2.05, 4.69) is 17.4 Å². The molecule has 7 nitrogen and oxygen atoms in total. The first-order valence-corrected chi connectivity index (χ1v) is 11.0. The summed E-state index contributed by atoms with van der Waals surface area (Å²) >= 11 is 0. The zero-order valence-corrected chi connectivity index (χ0v) is 18.4. The first-order chi connectivity index (χ1) is 16.1. The van der Waals surface area contributed by atoms with Crippen molar-refractivity contribution in [1.29, 1.82) is 0 Å². The number of aromatic nitrogens is 3. The molecular weight excluding hydrogens is 414 g/mol. The van der Waals surface area contributed by atoms with Crippen molar-refractivity contribution in [1.82, 2.24) is 19.9 Å². The Morgan fingerprint density at radius 1 is 1.03 bits per heavy atom. The summed E-state index contributed by atoms with van der Waals surface area (Å²) in [6.07, 6.45) is 3.30. The summed E-state index contributed by atoms with van der Waals surface area (Å²) in [5, 5.41) is 3.10. The lowest BCUT2D eigenvalue weighted by molar-refractivity contribution is 0.0940. The molecule has 0 spiro atoms. The maximum absolute atomic E-state index is 13.4. The van der Waals surface area contributed by atoms with Crippen molar-refractivity contribution in [3.8, 4) is 0 Å². The summed E-state index contributed by atoms with van der Waals surface area (Å²) < 4.78 is 7.30. The predicted molar refractivity (Wildman–Crippen MR) is 129 cm³/mol. The Balaban J connectivity index is 1.48. The number of nitrogens with zero attached hydrogens (tertiary/aromatic N) is 3. The van der Waals surface area contributed by atoms with Crippen LogP contribution in [0.15, 0.2) is 77.4 Å². The van der Waals surface area contributed by atoms with Crippen LogP contribution in [0.2, 0.25) is 0 Å². The number of carbonyl (C=O) groups is 1. The lowest BCUT2D eigenvalue weighted by Crippen LogP contribution is -2.33. The molecular formula is C26H25N5O2. The third kappa shape index (κ3) is 4.17. The largest absolute Gasteiger partial charge is 0.467 e. The number of amides is 1. The van der Waals surface area contributed by atoms with E-state index in [1.165, 1.54) is 5.56 Å². The van der Waals surface area contributed by atoms with Gasteiger partial charge in [0.15, 0.2) is 5.65 Å². The average Bonchev–Trinajstić information content (AvgIpc) is 3.43. The summed E-state index contributed by atoms with van der Waals surface area (Å²) in [6, 6.07) is 21.5. The highest BCUT2D eigenvalue weighted by Gasteiger charge is 2.25. The van der Waals surface area contributed by atoms with Crippen LogP contribution in [0, 0.1) is 0 Å². The summed E-state index contributed by atoms with van der Waals surface area (Å²) in [5.74, 6) is 0.794. The van der Waals surface area contributed by atoms with Crippen LogP contribution in [0.3, 0.4) is 0 Å². The molecule has 3 N–H and O–H groups in total. The Bertz CT molecular complexity index is 1410. The van der Waals surface area contributed by atoms with E-state index in [4.69, 9.17) is 20.1 Å². The second-order valence-electron chi connectivity index (χ2n) is 8.21. The average molecular weight is 440 g/mol. The van der Waals surface area contributed by atoms with Gasteiger partial charge < -0.3 is 20.0 Å². The standard InChI is InChI=1S/C26H25N5O2/c1-17(13-14-18-8-3-2-4-9-18)28-26(32)22-23-25(30-21-12-6-5-11-20(21)29-23)31(24(22)27)16-19-10-7-15-33-19/h2-12,15,17H,13-14,16,27H2,1H3,(H,28,32)/t17-/m1/s1. The second kappa shape index (κ2) is 8.78. The van der Waals surface area contributed by atoms with Crippen molar-refractivity contribution in [2.24, 2.45) is 0 Å². The Kier molecular flexibility index (Phi) is 5.52. The lowest BCUT2D eigenvalue weighted by Gasteiger charge is -2.14. The normalized spacial score (nSPS) is 12.3. The minimum Gasteiger partial charge on any atom is -0.467 e. The third-order valence-electron chi connectivity index (χ3n) is 5.80. The Labute approximate surface area is 191 Å². The smallest absolute Gasteiger partial charge is 0.257 e. The van der Waals surface area contributed by atoms with Crippen molar-refractivity contribution >= 4 is 33.9 Å². The molecule has 33 heavy (non-hydrogen) atoms. The maximum atomic E-state index is 13.4. The van der Waals surface area contributed by atoms with Gasteiger partial charge in [0.2, 0.25) is 0 Å². The molecule has 0 fully saturated rings. The molecule has 0 unspecified atom stereocenters.